The normalized spacial score (nSPS) is 16.5. The molecule has 1 amide bonds. The summed E-state index contributed by atoms with van der Waals surface area (Å²) in [7, 11) is 3.84. The second-order valence-corrected chi connectivity index (χ2v) is 7.35. The minimum absolute atomic E-state index is 0.0603. The highest BCUT2D eigenvalue weighted by Gasteiger charge is 2.41. The van der Waals surface area contributed by atoms with Crippen molar-refractivity contribution in [1.29, 1.82) is 5.26 Å². The van der Waals surface area contributed by atoms with E-state index in [2.05, 4.69) is 32.0 Å². The van der Waals surface area contributed by atoms with Gasteiger partial charge in [-0.15, -0.1) is 0 Å². The molecule has 2 aromatic carbocycles. The number of carbonyl (C=O) groups excluding carboxylic acids is 1. The molecule has 3 rings (SSSR count). The van der Waals surface area contributed by atoms with Crippen LogP contribution in [0.4, 0.5) is 5.69 Å². The molecular weight excluding hydrogens is 310 g/mol. The van der Waals surface area contributed by atoms with Crippen LogP contribution in [0.25, 0.3) is 0 Å². The Kier molecular flexibility index (Phi) is 4.26. The first-order valence-electron chi connectivity index (χ1n) is 8.43. The average molecular weight is 333 g/mol. The highest BCUT2D eigenvalue weighted by molar-refractivity contribution is 6.04. The van der Waals surface area contributed by atoms with Crippen molar-refractivity contribution in [2.45, 2.75) is 25.3 Å². The summed E-state index contributed by atoms with van der Waals surface area (Å²) in [5.74, 6) is -0.0603. The molecule has 1 aliphatic heterocycles. The van der Waals surface area contributed by atoms with Gasteiger partial charge in [-0.3, -0.25) is 4.79 Å². The van der Waals surface area contributed by atoms with Crippen molar-refractivity contribution in [3.05, 3.63) is 65.2 Å². The first-order valence-corrected chi connectivity index (χ1v) is 8.43. The third-order valence-corrected chi connectivity index (χ3v) is 4.88. The van der Waals surface area contributed by atoms with Gasteiger partial charge in [-0.05, 0) is 11.6 Å². The molecule has 0 saturated carbocycles. The summed E-state index contributed by atoms with van der Waals surface area (Å²) in [4.78, 5) is 16.8. The van der Waals surface area contributed by atoms with Gasteiger partial charge in [0.25, 0.3) is 5.91 Å². The fourth-order valence-corrected chi connectivity index (χ4v) is 3.53. The lowest BCUT2D eigenvalue weighted by Gasteiger charge is -2.32. The van der Waals surface area contributed by atoms with Crippen molar-refractivity contribution in [3.63, 3.8) is 0 Å². The smallest absolute Gasteiger partial charge is 0.257 e. The minimum atomic E-state index is -0.537. The summed E-state index contributed by atoms with van der Waals surface area (Å²) in [6, 6.07) is 17.7. The van der Waals surface area contributed by atoms with Gasteiger partial charge in [0, 0.05) is 37.3 Å². The SMILES string of the molecule is CN(C)c1cccc2c1C(=O)N(CC(C)(C)c1ccccc1)C2C#N. The molecule has 128 valence electrons. The molecule has 1 unspecified atom stereocenters. The average Bonchev–Trinajstić information content (AvgIpc) is 2.87. The Labute approximate surface area is 149 Å². The number of nitrogens with zero attached hydrogens (tertiary/aromatic N) is 3. The molecule has 2 aromatic rings. The van der Waals surface area contributed by atoms with E-state index >= 15 is 0 Å². The maximum absolute atomic E-state index is 13.1. The summed E-state index contributed by atoms with van der Waals surface area (Å²) in [5, 5.41) is 9.74. The van der Waals surface area contributed by atoms with Crippen molar-refractivity contribution < 1.29 is 4.79 Å². The first-order chi connectivity index (χ1) is 11.9. The zero-order valence-corrected chi connectivity index (χ0v) is 15.2. The third-order valence-electron chi connectivity index (χ3n) is 4.88. The molecule has 0 N–H and O–H groups in total. The first kappa shape index (κ1) is 17.0. The van der Waals surface area contributed by atoms with E-state index in [9.17, 15) is 10.1 Å². The lowest BCUT2D eigenvalue weighted by atomic mass is 9.84. The molecule has 4 heteroatoms. The molecule has 0 bridgehead atoms. The predicted molar refractivity (Wildman–Crippen MR) is 99.6 cm³/mol. The molecule has 0 aromatic heterocycles. The van der Waals surface area contributed by atoms with Crippen LogP contribution in [-0.2, 0) is 5.41 Å². The second kappa shape index (κ2) is 6.25. The van der Waals surface area contributed by atoms with E-state index in [0.29, 0.717) is 12.1 Å². The van der Waals surface area contributed by atoms with Gasteiger partial charge in [-0.25, -0.2) is 0 Å². The number of hydrogen-bond donors (Lipinski definition) is 0. The van der Waals surface area contributed by atoms with Gasteiger partial charge < -0.3 is 9.80 Å². The molecule has 0 aliphatic carbocycles. The Morgan fingerprint density at radius 1 is 1.12 bits per heavy atom. The number of amides is 1. The molecule has 1 heterocycles. The Morgan fingerprint density at radius 3 is 2.40 bits per heavy atom. The van der Waals surface area contributed by atoms with Crippen LogP contribution in [-0.4, -0.2) is 31.4 Å². The number of nitriles is 1. The van der Waals surface area contributed by atoms with E-state index in [-0.39, 0.29) is 11.3 Å². The van der Waals surface area contributed by atoms with Crippen LogP contribution in [0.3, 0.4) is 0 Å². The largest absolute Gasteiger partial charge is 0.377 e. The molecule has 4 nitrogen and oxygen atoms in total. The Balaban J connectivity index is 2.00. The van der Waals surface area contributed by atoms with E-state index in [0.717, 1.165) is 16.8 Å². The fourth-order valence-electron chi connectivity index (χ4n) is 3.53. The summed E-state index contributed by atoms with van der Waals surface area (Å²) in [6.07, 6.45) is 0. The van der Waals surface area contributed by atoms with Gasteiger partial charge >= 0.3 is 0 Å². The van der Waals surface area contributed by atoms with E-state index in [1.807, 2.05) is 55.4 Å². The monoisotopic (exact) mass is 333 g/mol. The summed E-state index contributed by atoms with van der Waals surface area (Å²) >= 11 is 0. The van der Waals surface area contributed by atoms with E-state index in [1.54, 1.807) is 4.90 Å². The quantitative estimate of drug-likeness (QED) is 0.856. The van der Waals surface area contributed by atoms with Gasteiger partial charge in [-0.1, -0.05) is 56.3 Å². The standard InChI is InChI=1S/C21H23N3O/c1-21(2,15-9-6-5-7-10-15)14-24-18(13-22)16-11-8-12-17(23(3)4)19(16)20(24)25/h5-12,18H,14H2,1-4H3. The van der Waals surface area contributed by atoms with E-state index < -0.39 is 6.04 Å². The molecule has 0 saturated heterocycles. The van der Waals surface area contributed by atoms with Gasteiger partial charge in [0.15, 0.2) is 0 Å². The predicted octanol–water partition coefficient (Wildman–Crippen LogP) is 3.75. The zero-order chi connectivity index (χ0) is 18.2. The van der Waals surface area contributed by atoms with Crippen LogP contribution in [0, 0.1) is 11.3 Å². The molecule has 0 fully saturated rings. The van der Waals surface area contributed by atoms with Gasteiger partial charge in [-0.2, -0.15) is 5.26 Å². The van der Waals surface area contributed by atoms with E-state index in [4.69, 9.17) is 0 Å². The lowest BCUT2D eigenvalue weighted by molar-refractivity contribution is 0.0722. The molecule has 1 atom stereocenters. The van der Waals surface area contributed by atoms with Crippen LogP contribution >= 0.6 is 0 Å². The van der Waals surface area contributed by atoms with Crippen LogP contribution in [0.5, 0.6) is 0 Å². The Hall–Kier alpha value is -2.80. The molecule has 0 spiro atoms. The number of anilines is 1. The Bertz CT molecular complexity index is 834. The number of benzene rings is 2. The van der Waals surface area contributed by atoms with Crippen LogP contribution in [0.2, 0.25) is 0 Å². The lowest BCUT2D eigenvalue weighted by Crippen LogP contribution is -2.39. The fraction of sp³-hybridized carbons (Fsp3) is 0.333. The third kappa shape index (κ3) is 2.87. The summed E-state index contributed by atoms with van der Waals surface area (Å²) in [6.45, 7) is 4.72. The van der Waals surface area contributed by atoms with Gasteiger partial charge in [0.05, 0.1) is 11.6 Å². The number of hydrogen-bond acceptors (Lipinski definition) is 3. The van der Waals surface area contributed by atoms with Crippen molar-refractivity contribution in [1.82, 2.24) is 4.90 Å². The zero-order valence-electron chi connectivity index (χ0n) is 15.2. The number of carbonyl (C=O) groups is 1. The molecule has 25 heavy (non-hydrogen) atoms. The molecule has 0 radical (unpaired) electrons. The second-order valence-electron chi connectivity index (χ2n) is 7.35. The minimum Gasteiger partial charge on any atom is -0.377 e. The number of rotatable bonds is 4. The summed E-state index contributed by atoms with van der Waals surface area (Å²) in [5.41, 5.74) is 3.24. The van der Waals surface area contributed by atoms with Crippen molar-refractivity contribution >= 4 is 11.6 Å². The highest BCUT2D eigenvalue weighted by Crippen LogP contribution is 2.40. The molecule has 1 aliphatic rings. The highest BCUT2D eigenvalue weighted by atomic mass is 16.2. The Morgan fingerprint density at radius 2 is 1.80 bits per heavy atom. The van der Waals surface area contributed by atoms with Crippen LogP contribution in [0.15, 0.2) is 48.5 Å². The summed E-state index contributed by atoms with van der Waals surface area (Å²) < 4.78 is 0. The van der Waals surface area contributed by atoms with E-state index in [1.165, 1.54) is 0 Å². The van der Waals surface area contributed by atoms with Gasteiger partial charge in [0.2, 0.25) is 0 Å². The van der Waals surface area contributed by atoms with Crippen molar-refractivity contribution in [2.75, 3.05) is 25.5 Å². The number of fused-ring (bicyclic) bond motifs is 1. The topological polar surface area (TPSA) is 47.3 Å². The van der Waals surface area contributed by atoms with Gasteiger partial charge in [0.1, 0.15) is 6.04 Å². The maximum Gasteiger partial charge on any atom is 0.257 e. The van der Waals surface area contributed by atoms with Crippen molar-refractivity contribution in [2.24, 2.45) is 0 Å². The molecular formula is C21H23N3O. The van der Waals surface area contributed by atoms with Crippen LogP contribution in [0.1, 0.15) is 41.4 Å². The van der Waals surface area contributed by atoms with Crippen LogP contribution < -0.4 is 4.90 Å². The van der Waals surface area contributed by atoms with Crippen molar-refractivity contribution in [3.8, 4) is 6.07 Å². The maximum atomic E-state index is 13.1.